The van der Waals surface area contributed by atoms with Crippen molar-refractivity contribution in [2.75, 3.05) is 20.3 Å². The molecule has 27 heavy (non-hydrogen) atoms. The van der Waals surface area contributed by atoms with Crippen molar-refractivity contribution in [3.8, 4) is 11.4 Å². The number of carbonyl (C=O) groups excluding carboxylic acids is 1. The molecule has 1 atom stereocenters. The van der Waals surface area contributed by atoms with Crippen LogP contribution in [-0.4, -0.2) is 47.1 Å². The first-order valence-electron chi connectivity index (χ1n) is 9.56. The second kappa shape index (κ2) is 8.95. The maximum atomic E-state index is 13.0. The second-order valence-electron chi connectivity index (χ2n) is 7.12. The number of aromatic amines is 1. The Hall–Kier alpha value is -2.47. The molecule has 0 saturated carbocycles. The largest absolute Gasteiger partial charge is 0.385 e. The molecule has 2 aromatic rings. The summed E-state index contributed by atoms with van der Waals surface area (Å²) < 4.78 is 5.13. The summed E-state index contributed by atoms with van der Waals surface area (Å²) in [5, 5.41) is 0. The van der Waals surface area contributed by atoms with E-state index in [0.29, 0.717) is 19.0 Å². The van der Waals surface area contributed by atoms with E-state index in [1.807, 2.05) is 36.1 Å². The predicted molar refractivity (Wildman–Crippen MR) is 105 cm³/mol. The van der Waals surface area contributed by atoms with E-state index in [9.17, 15) is 9.59 Å². The molecule has 6 heteroatoms. The molecule has 2 heterocycles. The van der Waals surface area contributed by atoms with Crippen LogP contribution in [0.25, 0.3) is 11.4 Å². The number of rotatable bonds is 6. The van der Waals surface area contributed by atoms with Crippen LogP contribution in [0.2, 0.25) is 0 Å². The monoisotopic (exact) mass is 369 g/mol. The molecule has 0 bridgehead atoms. The van der Waals surface area contributed by atoms with E-state index in [1.165, 1.54) is 6.20 Å². The number of nitrogens with one attached hydrogen (secondary N) is 1. The minimum Gasteiger partial charge on any atom is -0.385 e. The average Bonchev–Trinajstić information content (AvgIpc) is 2.68. The maximum Gasteiger partial charge on any atom is 0.264 e. The van der Waals surface area contributed by atoms with E-state index in [4.69, 9.17) is 4.74 Å². The predicted octanol–water partition coefficient (Wildman–Crippen LogP) is 3.17. The Balaban J connectivity index is 1.79. The highest BCUT2D eigenvalue weighted by Gasteiger charge is 2.28. The first-order chi connectivity index (χ1) is 13.1. The van der Waals surface area contributed by atoms with Crippen LogP contribution in [0.5, 0.6) is 0 Å². The topological polar surface area (TPSA) is 75.3 Å². The van der Waals surface area contributed by atoms with Gasteiger partial charge >= 0.3 is 0 Å². The lowest BCUT2D eigenvalue weighted by molar-refractivity contribution is 0.0582. The lowest BCUT2D eigenvalue weighted by atomic mass is 9.97. The van der Waals surface area contributed by atoms with Crippen LogP contribution in [0, 0.1) is 6.92 Å². The van der Waals surface area contributed by atoms with Crippen molar-refractivity contribution < 1.29 is 9.53 Å². The zero-order valence-electron chi connectivity index (χ0n) is 16.0. The summed E-state index contributed by atoms with van der Waals surface area (Å²) >= 11 is 0. The molecule has 3 rings (SSSR count). The second-order valence-corrected chi connectivity index (χ2v) is 7.12. The lowest BCUT2D eigenvalue weighted by Crippen LogP contribution is -2.45. The number of ether oxygens (including phenoxy) is 1. The lowest BCUT2D eigenvalue weighted by Gasteiger charge is -2.35. The van der Waals surface area contributed by atoms with Crippen molar-refractivity contribution in [1.29, 1.82) is 0 Å². The molecule has 1 fully saturated rings. The third-order valence-corrected chi connectivity index (χ3v) is 5.13. The number of H-pyrrole nitrogens is 1. The van der Waals surface area contributed by atoms with Crippen LogP contribution in [0.3, 0.4) is 0 Å². The fourth-order valence-electron chi connectivity index (χ4n) is 3.59. The van der Waals surface area contributed by atoms with Gasteiger partial charge in [0.05, 0.1) is 0 Å². The van der Waals surface area contributed by atoms with Crippen molar-refractivity contribution in [3.63, 3.8) is 0 Å². The molecule has 0 radical (unpaired) electrons. The molecule has 0 unspecified atom stereocenters. The molecule has 1 aromatic heterocycles. The Kier molecular flexibility index (Phi) is 6.40. The van der Waals surface area contributed by atoms with Crippen LogP contribution >= 0.6 is 0 Å². The Morgan fingerprint density at radius 1 is 1.30 bits per heavy atom. The fourth-order valence-corrected chi connectivity index (χ4v) is 3.59. The molecule has 1 aromatic carbocycles. The van der Waals surface area contributed by atoms with Crippen molar-refractivity contribution in [2.24, 2.45) is 0 Å². The minimum atomic E-state index is -0.383. The highest BCUT2D eigenvalue weighted by Crippen LogP contribution is 2.22. The number of aromatic nitrogens is 2. The zero-order valence-corrected chi connectivity index (χ0v) is 16.0. The van der Waals surface area contributed by atoms with Crippen LogP contribution in [-0.2, 0) is 4.74 Å². The van der Waals surface area contributed by atoms with Gasteiger partial charge in [0.1, 0.15) is 11.4 Å². The molecule has 0 spiro atoms. The normalized spacial score (nSPS) is 17.1. The molecular formula is C21H27N3O3. The van der Waals surface area contributed by atoms with Gasteiger partial charge in [0.15, 0.2) is 0 Å². The van der Waals surface area contributed by atoms with E-state index in [0.717, 1.165) is 43.2 Å². The molecule has 1 amide bonds. The van der Waals surface area contributed by atoms with Crippen LogP contribution in [0.15, 0.2) is 35.3 Å². The number of carbonyl (C=O) groups is 1. The molecule has 1 aliphatic rings. The van der Waals surface area contributed by atoms with Crippen molar-refractivity contribution in [1.82, 2.24) is 14.9 Å². The Morgan fingerprint density at radius 3 is 2.78 bits per heavy atom. The average molecular weight is 369 g/mol. The Morgan fingerprint density at radius 2 is 2.07 bits per heavy atom. The quantitative estimate of drug-likeness (QED) is 0.794. The van der Waals surface area contributed by atoms with E-state index in [2.05, 4.69) is 9.97 Å². The number of methoxy groups -OCH3 is 1. The van der Waals surface area contributed by atoms with E-state index in [-0.39, 0.29) is 23.1 Å². The zero-order chi connectivity index (χ0) is 19.2. The van der Waals surface area contributed by atoms with Gasteiger partial charge in [-0.2, -0.15) is 0 Å². The Bertz CT molecular complexity index is 829. The van der Waals surface area contributed by atoms with Gasteiger partial charge in [-0.25, -0.2) is 4.98 Å². The molecule has 6 nitrogen and oxygen atoms in total. The van der Waals surface area contributed by atoms with E-state index < -0.39 is 0 Å². The summed E-state index contributed by atoms with van der Waals surface area (Å²) in [7, 11) is 1.69. The number of aryl methyl sites for hydroxylation is 1. The smallest absolute Gasteiger partial charge is 0.264 e. The standard InChI is InChI=1S/C21H27N3O3/c1-15-8-10-16(11-9-15)19-22-14-18(20(25)23-19)21(26)24-12-4-3-6-17(24)7-5-13-27-2/h8-11,14,17H,3-7,12-13H2,1-2H3,(H,22,23,25)/t17-/m0/s1. The molecule has 0 aliphatic carbocycles. The van der Waals surface area contributed by atoms with Gasteiger partial charge in [0.25, 0.3) is 11.5 Å². The number of benzene rings is 1. The SMILES string of the molecule is COCCC[C@@H]1CCCCN1C(=O)c1cnc(-c2ccc(C)cc2)[nH]c1=O. The van der Waals surface area contributed by atoms with Crippen molar-refractivity contribution >= 4 is 5.91 Å². The highest BCUT2D eigenvalue weighted by atomic mass is 16.5. The molecule has 1 aliphatic heterocycles. The van der Waals surface area contributed by atoms with Gasteiger partial charge in [-0.1, -0.05) is 29.8 Å². The third-order valence-electron chi connectivity index (χ3n) is 5.13. The summed E-state index contributed by atoms with van der Waals surface area (Å²) in [6.45, 7) is 3.38. The fraction of sp³-hybridized carbons (Fsp3) is 0.476. The highest BCUT2D eigenvalue weighted by molar-refractivity contribution is 5.94. The van der Waals surface area contributed by atoms with Crippen molar-refractivity contribution in [2.45, 2.75) is 45.1 Å². The summed E-state index contributed by atoms with van der Waals surface area (Å²) in [6, 6.07) is 7.91. The van der Waals surface area contributed by atoms with Crippen LogP contribution in [0.4, 0.5) is 0 Å². The van der Waals surface area contributed by atoms with Crippen LogP contribution in [0.1, 0.15) is 48.0 Å². The Labute approximate surface area is 159 Å². The molecular weight excluding hydrogens is 342 g/mol. The van der Waals surface area contributed by atoms with Gasteiger partial charge in [0, 0.05) is 38.1 Å². The van der Waals surface area contributed by atoms with Gasteiger partial charge in [0.2, 0.25) is 0 Å². The third kappa shape index (κ3) is 4.63. The number of amides is 1. The van der Waals surface area contributed by atoms with Gasteiger partial charge in [-0.3, -0.25) is 9.59 Å². The molecule has 1 saturated heterocycles. The number of hydrogen-bond acceptors (Lipinski definition) is 4. The van der Waals surface area contributed by atoms with E-state index >= 15 is 0 Å². The minimum absolute atomic E-state index is 0.115. The summed E-state index contributed by atoms with van der Waals surface area (Å²) in [5.41, 5.74) is 1.70. The van der Waals surface area contributed by atoms with E-state index in [1.54, 1.807) is 7.11 Å². The number of piperidine rings is 1. The summed E-state index contributed by atoms with van der Waals surface area (Å²) in [6.07, 6.45) is 6.28. The van der Waals surface area contributed by atoms with Gasteiger partial charge < -0.3 is 14.6 Å². The van der Waals surface area contributed by atoms with Gasteiger partial charge in [-0.15, -0.1) is 0 Å². The first-order valence-corrected chi connectivity index (χ1v) is 9.56. The molecule has 144 valence electrons. The number of hydrogen-bond donors (Lipinski definition) is 1. The van der Waals surface area contributed by atoms with Crippen molar-refractivity contribution in [3.05, 3.63) is 51.9 Å². The maximum absolute atomic E-state index is 13.0. The summed E-state index contributed by atoms with van der Waals surface area (Å²) in [5.74, 6) is 0.258. The number of nitrogens with zero attached hydrogens (tertiary/aromatic N) is 2. The first kappa shape index (κ1) is 19.3. The van der Waals surface area contributed by atoms with Gasteiger partial charge in [-0.05, 0) is 39.0 Å². The number of likely N-dealkylation sites (tertiary alicyclic amines) is 1. The molecule has 1 N–H and O–H groups in total. The summed E-state index contributed by atoms with van der Waals surface area (Å²) in [4.78, 5) is 34.5. The van der Waals surface area contributed by atoms with Crippen LogP contribution < -0.4 is 5.56 Å².